The zero-order chi connectivity index (χ0) is 9.42. The SMILES string of the molecule is C=C(C(=O)OC)C1C2CCSCC21. The van der Waals surface area contributed by atoms with Crippen LogP contribution in [0.4, 0.5) is 0 Å². The third-order valence-electron chi connectivity index (χ3n) is 3.09. The summed E-state index contributed by atoms with van der Waals surface area (Å²) in [4.78, 5) is 11.2. The summed E-state index contributed by atoms with van der Waals surface area (Å²) in [5.74, 6) is 4.10. The minimum Gasteiger partial charge on any atom is -0.466 e. The van der Waals surface area contributed by atoms with Crippen LogP contribution in [-0.4, -0.2) is 24.6 Å². The van der Waals surface area contributed by atoms with Crippen molar-refractivity contribution in [3.8, 4) is 0 Å². The van der Waals surface area contributed by atoms with Gasteiger partial charge in [-0.25, -0.2) is 4.79 Å². The molecule has 1 heterocycles. The van der Waals surface area contributed by atoms with Gasteiger partial charge in [0.25, 0.3) is 0 Å². The van der Waals surface area contributed by atoms with Crippen LogP contribution in [0.1, 0.15) is 6.42 Å². The van der Waals surface area contributed by atoms with Gasteiger partial charge in [0.2, 0.25) is 0 Å². The van der Waals surface area contributed by atoms with E-state index >= 15 is 0 Å². The van der Waals surface area contributed by atoms with E-state index in [1.807, 2.05) is 11.8 Å². The molecule has 0 spiro atoms. The van der Waals surface area contributed by atoms with Crippen molar-refractivity contribution in [2.75, 3.05) is 18.6 Å². The third kappa shape index (κ3) is 1.50. The minimum absolute atomic E-state index is 0.218. The number of esters is 1. The highest BCUT2D eigenvalue weighted by atomic mass is 32.2. The third-order valence-corrected chi connectivity index (χ3v) is 4.23. The van der Waals surface area contributed by atoms with E-state index in [0.717, 1.165) is 5.92 Å². The van der Waals surface area contributed by atoms with Crippen LogP contribution >= 0.6 is 11.8 Å². The first-order chi connectivity index (χ1) is 6.25. The summed E-state index contributed by atoms with van der Waals surface area (Å²) in [6.45, 7) is 3.83. The molecule has 2 fully saturated rings. The van der Waals surface area contributed by atoms with Crippen molar-refractivity contribution in [3.63, 3.8) is 0 Å². The Labute approximate surface area is 82.7 Å². The first kappa shape index (κ1) is 9.13. The Balaban J connectivity index is 1.96. The maximum atomic E-state index is 11.2. The first-order valence-corrected chi connectivity index (χ1v) is 5.76. The smallest absolute Gasteiger partial charge is 0.333 e. The molecule has 0 aromatic heterocycles. The van der Waals surface area contributed by atoms with E-state index in [9.17, 15) is 4.79 Å². The predicted octanol–water partition coefficient (Wildman–Crippen LogP) is 1.71. The molecule has 1 saturated heterocycles. The van der Waals surface area contributed by atoms with E-state index in [1.165, 1.54) is 25.0 Å². The summed E-state index contributed by atoms with van der Waals surface area (Å²) in [5, 5.41) is 0. The van der Waals surface area contributed by atoms with Gasteiger partial charge in [-0.05, 0) is 35.7 Å². The van der Waals surface area contributed by atoms with E-state index in [1.54, 1.807) is 0 Å². The Morgan fingerprint density at radius 1 is 1.54 bits per heavy atom. The topological polar surface area (TPSA) is 26.3 Å². The average molecular weight is 198 g/mol. The standard InChI is InChI=1S/C10H14O2S/c1-6(10(11)12-2)9-7-3-4-13-5-8(7)9/h7-9H,1,3-5H2,2H3. The van der Waals surface area contributed by atoms with Gasteiger partial charge in [0.05, 0.1) is 7.11 Å². The molecule has 3 unspecified atom stereocenters. The number of methoxy groups -OCH3 is 1. The van der Waals surface area contributed by atoms with E-state index in [2.05, 4.69) is 11.3 Å². The van der Waals surface area contributed by atoms with Crippen molar-refractivity contribution in [2.45, 2.75) is 6.42 Å². The Morgan fingerprint density at radius 2 is 2.31 bits per heavy atom. The summed E-state index contributed by atoms with van der Waals surface area (Å²) >= 11 is 1.99. The van der Waals surface area contributed by atoms with Crippen LogP contribution in [0.5, 0.6) is 0 Å². The second kappa shape index (κ2) is 3.37. The molecule has 0 N–H and O–H groups in total. The molecule has 0 radical (unpaired) electrons. The quantitative estimate of drug-likeness (QED) is 0.499. The van der Waals surface area contributed by atoms with Crippen LogP contribution in [0.2, 0.25) is 0 Å². The van der Waals surface area contributed by atoms with Crippen LogP contribution in [0, 0.1) is 17.8 Å². The van der Waals surface area contributed by atoms with Crippen molar-refractivity contribution >= 4 is 17.7 Å². The second-order valence-corrected chi connectivity index (χ2v) is 4.88. The lowest BCUT2D eigenvalue weighted by atomic mass is 10.1. The lowest BCUT2D eigenvalue weighted by Gasteiger charge is -2.04. The van der Waals surface area contributed by atoms with Crippen molar-refractivity contribution in [2.24, 2.45) is 17.8 Å². The summed E-state index contributed by atoms with van der Waals surface area (Å²) in [5.41, 5.74) is 0.694. The van der Waals surface area contributed by atoms with Crippen molar-refractivity contribution in [3.05, 3.63) is 12.2 Å². The lowest BCUT2D eigenvalue weighted by Crippen LogP contribution is -2.06. The Morgan fingerprint density at radius 3 is 2.85 bits per heavy atom. The molecule has 2 aliphatic rings. The van der Waals surface area contributed by atoms with Gasteiger partial charge in [-0.15, -0.1) is 0 Å². The number of hydrogen-bond acceptors (Lipinski definition) is 3. The van der Waals surface area contributed by atoms with Crippen LogP contribution in [0.25, 0.3) is 0 Å². The zero-order valence-electron chi connectivity index (χ0n) is 7.79. The zero-order valence-corrected chi connectivity index (χ0v) is 8.60. The molecule has 1 aliphatic carbocycles. The van der Waals surface area contributed by atoms with Crippen LogP contribution in [0.15, 0.2) is 12.2 Å². The maximum Gasteiger partial charge on any atom is 0.333 e. The largest absolute Gasteiger partial charge is 0.466 e. The van der Waals surface area contributed by atoms with Gasteiger partial charge >= 0.3 is 5.97 Å². The fraction of sp³-hybridized carbons (Fsp3) is 0.700. The number of carbonyl (C=O) groups is 1. The van der Waals surface area contributed by atoms with Gasteiger partial charge in [-0.3, -0.25) is 0 Å². The van der Waals surface area contributed by atoms with E-state index in [-0.39, 0.29) is 5.97 Å². The molecule has 13 heavy (non-hydrogen) atoms. The maximum absolute atomic E-state index is 11.2. The first-order valence-electron chi connectivity index (χ1n) is 4.60. The molecule has 3 heteroatoms. The Bertz CT molecular complexity index is 237. The van der Waals surface area contributed by atoms with Gasteiger partial charge in [-0.1, -0.05) is 6.58 Å². The number of hydrogen-bond donors (Lipinski definition) is 0. The Kier molecular flexibility index (Phi) is 2.37. The highest BCUT2D eigenvalue weighted by molar-refractivity contribution is 7.99. The number of rotatable bonds is 2. The van der Waals surface area contributed by atoms with Crippen LogP contribution < -0.4 is 0 Å². The van der Waals surface area contributed by atoms with Crippen molar-refractivity contribution < 1.29 is 9.53 Å². The predicted molar refractivity (Wildman–Crippen MR) is 53.6 cm³/mol. The number of thioether (sulfide) groups is 1. The molecule has 2 rings (SSSR count). The molecule has 0 aromatic rings. The summed E-state index contributed by atoms with van der Waals surface area (Å²) in [6.07, 6.45) is 1.25. The van der Waals surface area contributed by atoms with Crippen molar-refractivity contribution in [1.82, 2.24) is 0 Å². The molecule has 0 aromatic carbocycles. The normalized spacial score (nSPS) is 36.2. The van der Waals surface area contributed by atoms with E-state index < -0.39 is 0 Å². The average Bonchev–Trinajstić information content (AvgIpc) is 2.89. The van der Waals surface area contributed by atoms with Gasteiger partial charge in [-0.2, -0.15) is 11.8 Å². The second-order valence-electron chi connectivity index (χ2n) is 3.73. The molecule has 3 atom stereocenters. The Hall–Kier alpha value is -0.440. The number of ether oxygens (including phenoxy) is 1. The van der Waals surface area contributed by atoms with Gasteiger partial charge in [0, 0.05) is 5.57 Å². The lowest BCUT2D eigenvalue weighted by molar-refractivity contribution is -0.136. The van der Waals surface area contributed by atoms with Crippen LogP contribution in [-0.2, 0) is 9.53 Å². The molecular formula is C10H14O2S. The van der Waals surface area contributed by atoms with E-state index in [4.69, 9.17) is 0 Å². The van der Waals surface area contributed by atoms with E-state index in [0.29, 0.717) is 17.4 Å². The molecular weight excluding hydrogens is 184 g/mol. The van der Waals surface area contributed by atoms with Crippen LogP contribution in [0.3, 0.4) is 0 Å². The molecule has 1 aliphatic heterocycles. The van der Waals surface area contributed by atoms with Crippen molar-refractivity contribution in [1.29, 1.82) is 0 Å². The number of carbonyl (C=O) groups excluding carboxylic acids is 1. The molecule has 1 saturated carbocycles. The highest BCUT2D eigenvalue weighted by Gasteiger charge is 2.53. The summed E-state index contributed by atoms with van der Waals surface area (Å²) < 4.78 is 4.67. The summed E-state index contributed by atoms with van der Waals surface area (Å²) in [6, 6.07) is 0. The summed E-state index contributed by atoms with van der Waals surface area (Å²) in [7, 11) is 1.42. The monoisotopic (exact) mass is 198 g/mol. The fourth-order valence-electron chi connectivity index (χ4n) is 2.29. The van der Waals surface area contributed by atoms with Gasteiger partial charge in [0.1, 0.15) is 0 Å². The van der Waals surface area contributed by atoms with Gasteiger partial charge in [0.15, 0.2) is 0 Å². The highest BCUT2D eigenvalue weighted by Crippen LogP contribution is 2.57. The molecule has 2 nitrogen and oxygen atoms in total. The minimum atomic E-state index is -0.218. The molecule has 0 amide bonds. The fourth-order valence-corrected chi connectivity index (χ4v) is 3.62. The van der Waals surface area contributed by atoms with Gasteiger partial charge < -0.3 is 4.74 Å². The number of fused-ring (bicyclic) bond motifs is 1. The molecule has 0 bridgehead atoms. The molecule has 72 valence electrons.